The number of benzene rings is 1. The third-order valence-electron chi connectivity index (χ3n) is 7.14. The number of hydrogen-bond acceptors (Lipinski definition) is 7. The second-order valence-corrected chi connectivity index (χ2v) is 11.8. The van der Waals surface area contributed by atoms with Crippen molar-refractivity contribution in [2.45, 2.75) is 72.9 Å². The number of rotatable bonds is 11. The van der Waals surface area contributed by atoms with Gasteiger partial charge in [0.1, 0.15) is 17.6 Å². The first-order valence-electron chi connectivity index (χ1n) is 13.5. The maximum atomic E-state index is 13.6. The fourth-order valence-electron chi connectivity index (χ4n) is 4.95. The molecule has 0 bridgehead atoms. The number of aliphatic hydroxyl groups excluding tert-OH is 1. The Labute approximate surface area is 235 Å². The molecule has 9 heteroatoms. The summed E-state index contributed by atoms with van der Waals surface area (Å²) in [6.45, 7) is 11.3. The van der Waals surface area contributed by atoms with E-state index in [-0.39, 0.29) is 47.3 Å². The first kappa shape index (κ1) is 30.2. The second-order valence-electron chi connectivity index (χ2n) is 10.9. The molecular weight excluding hydrogens is 512 g/mol. The van der Waals surface area contributed by atoms with Crippen LogP contribution in [0.4, 0.5) is 0 Å². The number of amides is 2. The fraction of sp³-hybridized carbons (Fsp3) is 0.500. The van der Waals surface area contributed by atoms with Gasteiger partial charge in [0.25, 0.3) is 0 Å². The molecule has 2 heterocycles. The van der Waals surface area contributed by atoms with E-state index in [4.69, 9.17) is 5.41 Å². The van der Waals surface area contributed by atoms with E-state index < -0.39 is 18.0 Å². The van der Waals surface area contributed by atoms with Gasteiger partial charge < -0.3 is 20.7 Å². The van der Waals surface area contributed by atoms with E-state index >= 15 is 0 Å². The number of likely N-dealkylation sites (tertiary alicyclic amines) is 1. The van der Waals surface area contributed by atoms with Crippen molar-refractivity contribution in [3.05, 3.63) is 52.9 Å². The first-order valence-corrected chi connectivity index (χ1v) is 14.4. The van der Waals surface area contributed by atoms with Gasteiger partial charge in [0.05, 0.1) is 28.0 Å². The predicted octanol–water partition coefficient (Wildman–Crippen LogP) is 5.64. The molecule has 1 saturated heterocycles. The van der Waals surface area contributed by atoms with Gasteiger partial charge in [-0.05, 0) is 49.8 Å². The summed E-state index contributed by atoms with van der Waals surface area (Å²) in [5, 5.41) is 21.3. The van der Waals surface area contributed by atoms with Gasteiger partial charge >= 0.3 is 0 Å². The van der Waals surface area contributed by atoms with Crippen molar-refractivity contribution >= 4 is 34.6 Å². The SMILES string of the molecule is CC(=N)/C=C(\O)[C@H](C(=O)N1CCC[C@H]1C(=O)NC(CC(=O)C(C)C)c1ccc(-c2scnc2C)cc1)C(C)C. The van der Waals surface area contributed by atoms with Crippen molar-refractivity contribution in [1.82, 2.24) is 15.2 Å². The lowest BCUT2D eigenvalue weighted by atomic mass is 9.91. The zero-order valence-electron chi connectivity index (χ0n) is 23.7. The number of aromatic nitrogens is 1. The van der Waals surface area contributed by atoms with Crippen LogP contribution in [0.1, 0.15) is 71.2 Å². The van der Waals surface area contributed by atoms with Crippen molar-refractivity contribution in [3.63, 3.8) is 0 Å². The molecule has 1 aliphatic rings. The van der Waals surface area contributed by atoms with Gasteiger partial charge in [-0.25, -0.2) is 4.98 Å². The Balaban J connectivity index is 1.84. The second kappa shape index (κ2) is 13.2. The molecule has 1 aliphatic heterocycles. The number of allylic oxidation sites excluding steroid dienone is 1. The molecule has 0 saturated carbocycles. The van der Waals surface area contributed by atoms with Crippen molar-refractivity contribution in [1.29, 1.82) is 5.41 Å². The maximum Gasteiger partial charge on any atom is 0.243 e. The van der Waals surface area contributed by atoms with Gasteiger partial charge in [-0.3, -0.25) is 14.4 Å². The van der Waals surface area contributed by atoms with Gasteiger partial charge in [0.2, 0.25) is 11.8 Å². The number of hydrogen-bond donors (Lipinski definition) is 3. The van der Waals surface area contributed by atoms with Crippen LogP contribution in [-0.2, 0) is 14.4 Å². The van der Waals surface area contributed by atoms with E-state index in [0.717, 1.165) is 21.7 Å². The number of Topliss-reactive ketones (excluding diaryl/α,β-unsaturated/α-hetero) is 1. The standard InChI is InChI=1S/C30H40N4O4S/c1-17(2)25(35)15-23(21-9-11-22(12-10-21)28-20(6)32-16-39-28)33-29(37)24-8-7-13-34(24)30(38)27(18(3)4)26(36)14-19(5)31/h9-12,14,16-18,23-24,27,31,36H,7-8,13,15H2,1-6H3,(H,33,37)/b26-14-,31-19?/t23?,24-,27+/m0/s1. The number of ketones is 1. The molecule has 8 nitrogen and oxygen atoms in total. The van der Waals surface area contributed by atoms with E-state index in [9.17, 15) is 19.5 Å². The summed E-state index contributed by atoms with van der Waals surface area (Å²) in [5.41, 5.74) is 4.76. The van der Waals surface area contributed by atoms with Crippen molar-refractivity contribution < 1.29 is 19.5 Å². The van der Waals surface area contributed by atoms with Gasteiger partial charge in [0.15, 0.2) is 0 Å². The highest BCUT2D eigenvalue weighted by Gasteiger charge is 2.40. The molecule has 3 rings (SSSR count). The normalized spacial score (nSPS) is 17.4. The Morgan fingerprint density at radius 3 is 2.41 bits per heavy atom. The number of nitrogens with one attached hydrogen (secondary N) is 2. The summed E-state index contributed by atoms with van der Waals surface area (Å²) in [4.78, 5) is 46.8. The smallest absolute Gasteiger partial charge is 0.243 e. The third kappa shape index (κ3) is 7.41. The van der Waals surface area contributed by atoms with E-state index in [1.54, 1.807) is 16.2 Å². The van der Waals surface area contributed by atoms with E-state index in [2.05, 4.69) is 10.3 Å². The Kier molecular flexibility index (Phi) is 10.2. The molecule has 1 aromatic heterocycles. The molecule has 3 N–H and O–H groups in total. The lowest BCUT2D eigenvalue weighted by molar-refractivity contribution is -0.142. The minimum Gasteiger partial charge on any atom is -0.511 e. The molecular formula is C30H40N4O4S. The van der Waals surface area contributed by atoms with Crippen LogP contribution in [0.5, 0.6) is 0 Å². The van der Waals surface area contributed by atoms with E-state index in [1.165, 1.54) is 13.0 Å². The minimum atomic E-state index is -0.834. The van der Waals surface area contributed by atoms with Crippen LogP contribution in [0.2, 0.25) is 0 Å². The van der Waals surface area contributed by atoms with Crippen LogP contribution < -0.4 is 5.32 Å². The summed E-state index contributed by atoms with van der Waals surface area (Å²) in [6.07, 6.45) is 2.62. The number of carbonyl (C=O) groups excluding carboxylic acids is 3. The molecule has 210 valence electrons. The Morgan fingerprint density at radius 1 is 1.21 bits per heavy atom. The van der Waals surface area contributed by atoms with Gasteiger partial charge in [0, 0.05) is 24.6 Å². The Hall–Kier alpha value is -3.33. The monoisotopic (exact) mass is 552 g/mol. The molecule has 2 aromatic rings. The largest absolute Gasteiger partial charge is 0.511 e. The molecule has 39 heavy (non-hydrogen) atoms. The zero-order chi connectivity index (χ0) is 28.9. The van der Waals surface area contributed by atoms with Crippen molar-refractivity contribution in [2.75, 3.05) is 6.54 Å². The summed E-state index contributed by atoms with van der Waals surface area (Å²) < 4.78 is 0. The van der Waals surface area contributed by atoms with Gasteiger partial charge in [-0.15, -0.1) is 11.3 Å². The summed E-state index contributed by atoms with van der Waals surface area (Å²) in [7, 11) is 0. The summed E-state index contributed by atoms with van der Waals surface area (Å²) >= 11 is 1.57. The van der Waals surface area contributed by atoms with Crippen molar-refractivity contribution in [3.8, 4) is 10.4 Å². The highest BCUT2D eigenvalue weighted by Crippen LogP contribution is 2.31. The lowest BCUT2D eigenvalue weighted by Gasteiger charge is -2.31. The van der Waals surface area contributed by atoms with Gasteiger partial charge in [-0.2, -0.15) is 0 Å². The van der Waals surface area contributed by atoms with Crippen LogP contribution in [-0.4, -0.2) is 50.9 Å². The number of aryl methyl sites for hydroxylation is 1. The molecule has 3 atom stereocenters. The quantitative estimate of drug-likeness (QED) is 0.246. The van der Waals surface area contributed by atoms with Crippen LogP contribution in [0.3, 0.4) is 0 Å². The predicted molar refractivity (Wildman–Crippen MR) is 155 cm³/mol. The summed E-state index contributed by atoms with van der Waals surface area (Å²) in [6, 6.07) is 6.60. The summed E-state index contributed by atoms with van der Waals surface area (Å²) in [5.74, 6) is -1.97. The molecule has 1 fully saturated rings. The number of carbonyl (C=O) groups is 3. The third-order valence-corrected chi connectivity index (χ3v) is 8.12. The topological polar surface area (TPSA) is 123 Å². The maximum absolute atomic E-state index is 13.6. The van der Waals surface area contributed by atoms with Crippen molar-refractivity contribution in [2.24, 2.45) is 17.8 Å². The highest BCUT2D eigenvalue weighted by molar-refractivity contribution is 7.13. The van der Waals surface area contributed by atoms with Crippen LogP contribution in [0, 0.1) is 30.1 Å². The van der Waals surface area contributed by atoms with E-state index in [0.29, 0.717) is 19.4 Å². The number of aliphatic hydroxyl groups is 1. The molecule has 2 amide bonds. The number of nitrogens with zero attached hydrogens (tertiary/aromatic N) is 2. The zero-order valence-corrected chi connectivity index (χ0v) is 24.5. The Morgan fingerprint density at radius 2 is 1.87 bits per heavy atom. The van der Waals surface area contributed by atoms with E-state index in [1.807, 2.05) is 64.4 Å². The molecule has 0 aliphatic carbocycles. The van der Waals surface area contributed by atoms with Gasteiger partial charge in [-0.1, -0.05) is 52.0 Å². The fourth-order valence-corrected chi connectivity index (χ4v) is 5.76. The highest BCUT2D eigenvalue weighted by atomic mass is 32.1. The van der Waals surface area contributed by atoms with Crippen LogP contribution >= 0.6 is 11.3 Å². The molecule has 1 unspecified atom stereocenters. The van der Waals surface area contributed by atoms with Crippen LogP contribution in [0.25, 0.3) is 10.4 Å². The minimum absolute atomic E-state index is 0.0407. The number of thiazole rings is 1. The Bertz CT molecular complexity index is 1230. The molecule has 0 spiro atoms. The average Bonchev–Trinajstić information content (AvgIpc) is 3.52. The lowest BCUT2D eigenvalue weighted by Crippen LogP contribution is -2.49. The molecule has 1 aromatic carbocycles. The first-order chi connectivity index (χ1) is 18.4. The average molecular weight is 553 g/mol. The van der Waals surface area contributed by atoms with Crippen LogP contribution in [0.15, 0.2) is 41.6 Å². The molecule has 0 radical (unpaired) electrons.